The predicted octanol–water partition coefficient (Wildman–Crippen LogP) is 2.40. The minimum Gasteiger partial charge on any atom is -0.314 e. The first-order valence-electron chi connectivity index (χ1n) is 6.29. The van der Waals surface area contributed by atoms with E-state index in [9.17, 15) is 0 Å². The maximum absolute atomic E-state index is 4.42. The van der Waals surface area contributed by atoms with Crippen LogP contribution in [0, 0.1) is 0 Å². The molecule has 2 aromatic rings. The molecule has 18 heavy (non-hydrogen) atoms. The molecule has 2 heterocycles. The summed E-state index contributed by atoms with van der Waals surface area (Å²) in [5, 5.41) is 4.64. The maximum Gasteiger partial charge on any atom is 0.0706 e. The van der Waals surface area contributed by atoms with E-state index in [2.05, 4.69) is 49.3 Å². The van der Waals surface area contributed by atoms with E-state index in [0.717, 1.165) is 42.7 Å². The molecule has 94 valence electrons. The lowest BCUT2D eigenvalue weighted by Gasteiger charge is -2.27. The fourth-order valence-corrected chi connectivity index (χ4v) is 2.78. The number of piperazine rings is 1. The summed E-state index contributed by atoms with van der Waals surface area (Å²) in [7, 11) is 0. The van der Waals surface area contributed by atoms with E-state index in [-0.39, 0.29) is 0 Å². The van der Waals surface area contributed by atoms with Gasteiger partial charge in [-0.05, 0) is 29.8 Å². The molecule has 1 N–H and O–H groups in total. The highest BCUT2D eigenvalue weighted by molar-refractivity contribution is 9.10. The average Bonchev–Trinajstić information content (AvgIpc) is 2.41. The number of pyridine rings is 1. The van der Waals surface area contributed by atoms with Gasteiger partial charge >= 0.3 is 0 Å². The third-order valence-corrected chi connectivity index (χ3v) is 3.89. The Morgan fingerprint density at radius 3 is 2.89 bits per heavy atom. The molecule has 1 aliphatic heterocycles. The van der Waals surface area contributed by atoms with Crippen LogP contribution in [0.5, 0.6) is 0 Å². The van der Waals surface area contributed by atoms with Crippen LogP contribution in [0.1, 0.15) is 5.56 Å². The molecule has 1 aromatic heterocycles. The van der Waals surface area contributed by atoms with Crippen LogP contribution in [-0.4, -0.2) is 36.1 Å². The number of nitrogens with zero attached hydrogens (tertiary/aromatic N) is 2. The summed E-state index contributed by atoms with van der Waals surface area (Å²) in [6.45, 7) is 5.44. The van der Waals surface area contributed by atoms with Gasteiger partial charge < -0.3 is 5.32 Å². The van der Waals surface area contributed by atoms with Gasteiger partial charge in [-0.15, -0.1) is 0 Å². The van der Waals surface area contributed by atoms with Gasteiger partial charge in [0.15, 0.2) is 0 Å². The monoisotopic (exact) mass is 305 g/mol. The van der Waals surface area contributed by atoms with Crippen molar-refractivity contribution in [2.45, 2.75) is 6.54 Å². The fourth-order valence-electron chi connectivity index (χ4n) is 2.42. The Balaban J connectivity index is 1.92. The minimum atomic E-state index is 1.01. The summed E-state index contributed by atoms with van der Waals surface area (Å²) in [6.07, 6.45) is 1.91. The second-order valence-electron chi connectivity index (χ2n) is 4.66. The zero-order valence-corrected chi connectivity index (χ0v) is 11.8. The normalized spacial score (nSPS) is 17.2. The number of rotatable bonds is 2. The molecule has 0 spiro atoms. The lowest BCUT2D eigenvalue weighted by Crippen LogP contribution is -2.42. The molecule has 1 fully saturated rings. The number of halogens is 1. The van der Waals surface area contributed by atoms with Crippen molar-refractivity contribution >= 4 is 26.8 Å². The largest absolute Gasteiger partial charge is 0.314 e. The molecular weight excluding hydrogens is 290 g/mol. The molecule has 0 atom stereocenters. The zero-order chi connectivity index (χ0) is 12.4. The average molecular weight is 306 g/mol. The van der Waals surface area contributed by atoms with Crippen LogP contribution in [0.4, 0.5) is 0 Å². The van der Waals surface area contributed by atoms with E-state index >= 15 is 0 Å². The van der Waals surface area contributed by atoms with E-state index in [1.165, 1.54) is 10.9 Å². The molecule has 3 nitrogen and oxygen atoms in total. The molecule has 0 saturated carbocycles. The van der Waals surface area contributed by atoms with Crippen molar-refractivity contribution < 1.29 is 0 Å². The van der Waals surface area contributed by atoms with Crippen molar-refractivity contribution in [1.82, 2.24) is 15.2 Å². The maximum atomic E-state index is 4.42. The molecule has 3 rings (SSSR count). The lowest BCUT2D eigenvalue weighted by molar-refractivity contribution is 0.234. The number of hydrogen-bond acceptors (Lipinski definition) is 3. The summed E-state index contributed by atoms with van der Waals surface area (Å²) in [6, 6.07) is 8.42. The van der Waals surface area contributed by atoms with Gasteiger partial charge in [-0.3, -0.25) is 9.88 Å². The van der Waals surface area contributed by atoms with Gasteiger partial charge in [0.25, 0.3) is 0 Å². The summed E-state index contributed by atoms with van der Waals surface area (Å²) in [4.78, 5) is 6.92. The van der Waals surface area contributed by atoms with Gasteiger partial charge in [0.05, 0.1) is 5.52 Å². The standard InChI is InChI=1S/C14H16BrN3/c15-12-1-2-14-13(9-12)11(3-4-17-14)10-18-7-5-16-6-8-18/h1-4,9,16H,5-8,10H2. The Bertz CT molecular complexity index is 550. The Labute approximate surface area is 115 Å². The molecule has 0 aliphatic carbocycles. The van der Waals surface area contributed by atoms with Crippen LogP contribution < -0.4 is 5.32 Å². The molecule has 1 aliphatic rings. The number of hydrogen-bond donors (Lipinski definition) is 1. The predicted molar refractivity (Wildman–Crippen MR) is 77.6 cm³/mol. The summed E-state index contributed by atoms with van der Waals surface area (Å²) >= 11 is 3.54. The highest BCUT2D eigenvalue weighted by Crippen LogP contribution is 2.22. The quantitative estimate of drug-likeness (QED) is 0.923. The number of fused-ring (bicyclic) bond motifs is 1. The van der Waals surface area contributed by atoms with Gasteiger partial charge in [-0.25, -0.2) is 0 Å². The van der Waals surface area contributed by atoms with Gasteiger partial charge in [0, 0.05) is 48.8 Å². The van der Waals surface area contributed by atoms with Crippen LogP contribution in [-0.2, 0) is 6.54 Å². The highest BCUT2D eigenvalue weighted by atomic mass is 79.9. The second-order valence-corrected chi connectivity index (χ2v) is 5.57. The zero-order valence-electron chi connectivity index (χ0n) is 10.2. The van der Waals surface area contributed by atoms with Crippen LogP contribution in [0.25, 0.3) is 10.9 Å². The first kappa shape index (κ1) is 12.1. The van der Waals surface area contributed by atoms with Crippen molar-refractivity contribution in [2.75, 3.05) is 26.2 Å². The van der Waals surface area contributed by atoms with E-state index in [0.29, 0.717) is 0 Å². The third-order valence-electron chi connectivity index (χ3n) is 3.40. The number of aromatic nitrogens is 1. The van der Waals surface area contributed by atoms with Crippen molar-refractivity contribution in [1.29, 1.82) is 0 Å². The minimum absolute atomic E-state index is 1.01. The smallest absolute Gasteiger partial charge is 0.0706 e. The second kappa shape index (κ2) is 5.34. The summed E-state index contributed by atoms with van der Waals surface area (Å²) in [5.74, 6) is 0. The van der Waals surface area contributed by atoms with Crippen LogP contribution in [0.3, 0.4) is 0 Å². The van der Waals surface area contributed by atoms with Gasteiger partial charge in [-0.2, -0.15) is 0 Å². The number of nitrogens with one attached hydrogen (secondary N) is 1. The van der Waals surface area contributed by atoms with E-state index < -0.39 is 0 Å². The van der Waals surface area contributed by atoms with Crippen LogP contribution in [0.15, 0.2) is 34.9 Å². The topological polar surface area (TPSA) is 28.2 Å². The fraction of sp³-hybridized carbons (Fsp3) is 0.357. The molecule has 0 unspecified atom stereocenters. The van der Waals surface area contributed by atoms with Crippen molar-refractivity contribution in [3.63, 3.8) is 0 Å². The van der Waals surface area contributed by atoms with E-state index in [1.807, 2.05) is 12.3 Å². The Kier molecular flexibility index (Phi) is 3.59. The molecular formula is C14H16BrN3. The van der Waals surface area contributed by atoms with Gasteiger partial charge in [0.1, 0.15) is 0 Å². The first-order valence-corrected chi connectivity index (χ1v) is 7.08. The Morgan fingerprint density at radius 2 is 2.06 bits per heavy atom. The highest BCUT2D eigenvalue weighted by Gasteiger charge is 2.11. The Morgan fingerprint density at radius 1 is 1.22 bits per heavy atom. The summed E-state index contributed by atoms with van der Waals surface area (Å²) in [5.41, 5.74) is 2.44. The molecule has 0 radical (unpaired) electrons. The van der Waals surface area contributed by atoms with Crippen LogP contribution >= 0.6 is 15.9 Å². The SMILES string of the molecule is Brc1ccc2nccc(CN3CCNCC3)c2c1. The van der Waals surface area contributed by atoms with Gasteiger partial charge in [0.2, 0.25) is 0 Å². The van der Waals surface area contributed by atoms with Crippen molar-refractivity contribution in [3.8, 4) is 0 Å². The first-order chi connectivity index (χ1) is 8.83. The molecule has 1 aromatic carbocycles. The van der Waals surface area contributed by atoms with Crippen molar-refractivity contribution in [2.24, 2.45) is 0 Å². The molecule has 1 saturated heterocycles. The Hall–Kier alpha value is -0.970. The van der Waals surface area contributed by atoms with Crippen LogP contribution in [0.2, 0.25) is 0 Å². The van der Waals surface area contributed by atoms with E-state index in [1.54, 1.807) is 0 Å². The van der Waals surface area contributed by atoms with Crippen molar-refractivity contribution in [3.05, 3.63) is 40.5 Å². The van der Waals surface area contributed by atoms with E-state index in [4.69, 9.17) is 0 Å². The van der Waals surface area contributed by atoms with Gasteiger partial charge in [-0.1, -0.05) is 15.9 Å². The molecule has 0 bridgehead atoms. The molecule has 4 heteroatoms. The third kappa shape index (κ3) is 2.55. The summed E-state index contributed by atoms with van der Waals surface area (Å²) < 4.78 is 1.12. The lowest BCUT2D eigenvalue weighted by atomic mass is 10.1. The molecule has 0 amide bonds. The number of benzene rings is 1.